The van der Waals surface area contributed by atoms with Gasteiger partial charge in [-0.2, -0.15) is 0 Å². The summed E-state index contributed by atoms with van der Waals surface area (Å²) in [5.41, 5.74) is 1.17. The molecule has 0 saturated heterocycles. The molecule has 66 valence electrons. The average molecular weight is 236 g/mol. The van der Waals surface area contributed by atoms with Gasteiger partial charge in [0.25, 0.3) is 0 Å². The van der Waals surface area contributed by atoms with E-state index >= 15 is 0 Å². The number of fused-ring (bicyclic) bond motifs is 1. The van der Waals surface area contributed by atoms with Gasteiger partial charge in [-0.3, -0.25) is 4.98 Å². The SMILES string of the molecule is CCc1nccc2c(Br)cccc12. The van der Waals surface area contributed by atoms with Crippen molar-refractivity contribution in [3.05, 3.63) is 40.6 Å². The highest BCUT2D eigenvalue weighted by Gasteiger charge is 2.01. The van der Waals surface area contributed by atoms with Crippen molar-refractivity contribution in [2.45, 2.75) is 13.3 Å². The van der Waals surface area contributed by atoms with Crippen molar-refractivity contribution >= 4 is 26.7 Å². The maximum atomic E-state index is 4.35. The second kappa shape index (κ2) is 3.46. The van der Waals surface area contributed by atoms with Gasteiger partial charge >= 0.3 is 0 Å². The van der Waals surface area contributed by atoms with Crippen molar-refractivity contribution in [2.75, 3.05) is 0 Å². The van der Waals surface area contributed by atoms with Crippen LogP contribution in [0.15, 0.2) is 34.9 Å². The number of pyridine rings is 1. The molecule has 0 N–H and O–H groups in total. The van der Waals surface area contributed by atoms with Crippen molar-refractivity contribution in [1.82, 2.24) is 4.98 Å². The van der Waals surface area contributed by atoms with Crippen LogP contribution in [0.3, 0.4) is 0 Å². The lowest BCUT2D eigenvalue weighted by atomic mass is 10.1. The van der Waals surface area contributed by atoms with Gasteiger partial charge in [-0.1, -0.05) is 35.0 Å². The molecule has 2 heteroatoms. The van der Waals surface area contributed by atoms with Crippen molar-refractivity contribution in [3.63, 3.8) is 0 Å². The Balaban J connectivity index is 2.84. The summed E-state index contributed by atoms with van der Waals surface area (Å²) in [6.45, 7) is 2.13. The van der Waals surface area contributed by atoms with Crippen LogP contribution >= 0.6 is 15.9 Å². The quantitative estimate of drug-likeness (QED) is 0.737. The minimum atomic E-state index is 0.980. The number of nitrogens with zero attached hydrogens (tertiary/aromatic N) is 1. The Kier molecular flexibility index (Phi) is 2.32. The van der Waals surface area contributed by atoms with Gasteiger partial charge in [0.15, 0.2) is 0 Å². The van der Waals surface area contributed by atoms with E-state index in [1.165, 1.54) is 16.5 Å². The normalized spacial score (nSPS) is 10.6. The third-order valence-corrected chi connectivity index (χ3v) is 2.86. The van der Waals surface area contributed by atoms with Crippen LogP contribution in [-0.2, 0) is 6.42 Å². The van der Waals surface area contributed by atoms with E-state index in [0.29, 0.717) is 0 Å². The number of hydrogen-bond acceptors (Lipinski definition) is 1. The predicted octanol–water partition coefficient (Wildman–Crippen LogP) is 3.56. The summed E-state index contributed by atoms with van der Waals surface area (Å²) in [6.07, 6.45) is 2.85. The Bertz CT molecular complexity index is 437. The summed E-state index contributed by atoms with van der Waals surface area (Å²) in [5, 5.41) is 2.49. The number of halogens is 1. The molecule has 0 bridgehead atoms. The Morgan fingerprint density at radius 2 is 2.08 bits per heavy atom. The van der Waals surface area contributed by atoms with Gasteiger partial charge in [-0.15, -0.1) is 0 Å². The largest absolute Gasteiger partial charge is 0.261 e. The average Bonchev–Trinajstić information content (AvgIpc) is 2.18. The van der Waals surface area contributed by atoms with Gasteiger partial charge < -0.3 is 0 Å². The minimum Gasteiger partial charge on any atom is -0.261 e. The molecule has 0 spiro atoms. The third-order valence-electron chi connectivity index (χ3n) is 2.17. The van der Waals surface area contributed by atoms with Crippen molar-refractivity contribution < 1.29 is 0 Å². The van der Waals surface area contributed by atoms with Crippen LogP contribution in [0.4, 0.5) is 0 Å². The maximum absolute atomic E-state index is 4.35. The zero-order valence-electron chi connectivity index (χ0n) is 7.42. The van der Waals surface area contributed by atoms with Crippen LogP contribution < -0.4 is 0 Å². The topological polar surface area (TPSA) is 12.9 Å². The molecule has 0 amide bonds. The third kappa shape index (κ3) is 1.46. The van der Waals surface area contributed by atoms with Gasteiger partial charge in [0.2, 0.25) is 0 Å². The molecule has 0 atom stereocenters. The summed E-state index contributed by atoms with van der Waals surface area (Å²) in [5.74, 6) is 0. The molecule has 0 aliphatic heterocycles. The zero-order valence-corrected chi connectivity index (χ0v) is 9.01. The molecule has 0 fully saturated rings. The Morgan fingerprint density at radius 1 is 1.23 bits per heavy atom. The van der Waals surface area contributed by atoms with Gasteiger partial charge in [0.05, 0.1) is 0 Å². The molecule has 0 radical (unpaired) electrons. The van der Waals surface area contributed by atoms with Crippen molar-refractivity contribution in [1.29, 1.82) is 0 Å². The molecule has 0 aliphatic rings. The number of aryl methyl sites for hydroxylation is 1. The van der Waals surface area contributed by atoms with E-state index in [-0.39, 0.29) is 0 Å². The first-order chi connectivity index (χ1) is 6.33. The lowest BCUT2D eigenvalue weighted by Crippen LogP contribution is -1.88. The van der Waals surface area contributed by atoms with E-state index in [1.807, 2.05) is 18.3 Å². The molecule has 1 aromatic heterocycles. The molecular weight excluding hydrogens is 226 g/mol. The second-order valence-electron chi connectivity index (χ2n) is 2.95. The molecule has 0 unspecified atom stereocenters. The summed E-state index contributed by atoms with van der Waals surface area (Å²) >= 11 is 3.53. The Hall–Kier alpha value is -0.890. The highest BCUT2D eigenvalue weighted by atomic mass is 79.9. The fourth-order valence-electron chi connectivity index (χ4n) is 1.51. The van der Waals surface area contributed by atoms with Crippen LogP contribution in [0.5, 0.6) is 0 Å². The van der Waals surface area contributed by atoms with E-state index in [0.717, 1.165) is 10.9 Å². The first kappa shape index (κ1) is 8.70. The van der Waals surface area contributed by atoms with E-state index in [2.05, 4.69) is 40.0 Å². The smallest absolute Gasteiger partial charge is 0.0479 e. The summed E-state index contributed by atoms with van der Waals surface area (Å²) < 4.78 is 1.14. The van der Waals surface area contributed by atoms with Crippen molar-refractivity contribution in [3.8, 4) is 0 Å². The summed E-state index contributed by atoms with van der Waals surface area (Å²) in [4.78, 5) is 4.35. The lowest BCUT2D eigenvalue weighted by molar-refractivity contribution is 1.06. The maximum Gasteiger partial charge on any atom is 0.0479 e. The molecule has 1 aromatic carbocycles. The Morgan fingerprint density at radius 3 is 2.85 bits per heavy atom. The second-order valence-corrected chi connectivity index (χ2v) is 3.80. The predicted molar refractivity (Wildman–Crippen MR) is 58.8 cm³/mol. The fourth-order valence-corrected chi connectivity index (χ4v) is 2.01. The molecule has 2 rings (SSSR count). The van der Waals surface area contributed by atoms with Gasteiger partial charge in [-0.25, -0.2) is 0 Å². The minimum absolute atomic E-state index is 0.980. The van der Waals surface area contributed by atoms with Crippen LogP contribution in [0.1, 0.15) is 12.6 Å². The van der Waals surface area contributed by atoms with E-state index < -0.39 is 0 Å². The highest BCUT2D eigenvalue weighted by molar-refractivity contribution is 9.10. The molecule has 2 aromatic rings. The molecule has 0 aliphatic carbocycles. The lowest BCUT2D eigenvalue weighted by Gasteiger charge is -2.03. The molecular formula is C11H10BrN. The van der Waals surface area contributed by atoms with E-state index in [9.17, 15) is 0 Å². The van der Waals surface area contributed by atoms with Crippen LogP contribution in [0.2, 0.25) is 0 Å². The van der Waals surface area contributed by atoms with Crippen LogP contribution in [-0.4, -0.2) is 4.98 Å². The number of benzene rings is 1. The van der Waals surface area contributed by atoms with Gasteiger partial charge in [-0.05, 0) is 23.9 Å². The standard InChI is InChI=1S/C11H10BrN/c1-2-11-9-4-3-5-10(12)8(9)6-7-13-11/h3-7H,2H2,1H3. The van der Waals surface area contributed by atoms with Crippen LogP contribution in [0, 0.1) is 0 Å². The fraction of sp³-hybridized carbons (Fsp3) is 0.182. The molecule has 1 nitrogen and oxygen atoms in total. The van der Waals surface area contributed by atoms with Crippen LogP contribution in [0.25, 0.3) is 10.8 Å². The highest BCUT2D eigenvalue weighted by Crippen LogP contribution is 2.24. The van der Waals surface area contributed by atoms with E-state index in [4.69, 9.17) is 0 Å². The first-order valence-electron chi connectivity index (χ1n) is 4.35. The molecule has 0 saturated carbocycles. The molecule has 13 heavy (non-hydrogen) atoms. The molecule has 1 heterocycles. The Labute approximate surface area is 85.9 Å². The summed E-state index contributed by atoms with van der Waals surface area (Å²) in [6, 6.07) is 8.26. The zero-order chi connectivity index (χ0) is 9.26. The number of rotatable bonds is 1. The van der Waals surface area contributed by atoms with Crippen molar-refractivity contribution in [2.24, 2.45) is 0 Å². The van der Waals surface area contributed by atoms with Gasteiger partial charge in [0, 0.05) is 21.7 Å². The summed E-state index contributed by atoms with van der Waals surface area (Å²) in [7, 11) is 0. The monoisotopic (exact) mass is 235 g/mol. The number of hydrogen-bond donors (Lipinski definition) is 0. The van der Waals surface area contributed by atoms with E-state index in [1.54, 1.807) is 0 Å². The number of aromatic nitrogens is 1. The first-order valence-corrected chi connectivity index (χ1v) is 5.14. The van der Waals surface area contributed by atoms with Gasteiger partial charge in [0.1, 0.15) is 0 Å².